The predicted molar refractivity (Wildman–Crippen MR) is 81.0 cm³/mol. The Morgan fingerprint density at radius 2 is 1.76 bits per heavy atom. The van der Waals surface area contributed by atoms with E-state index >= 15 is 0 Å². The highest BCUT2D eigenvalue weighted by Crippen LogP contribution is 2.37. The van der Waals surface area contributed by atoms with Gasteiger partial charge in [-0.2, -0.15) is 13.2 Å². The number of halogens is 3. The molecule has 1 aromatic rings. The first kappa shape index (κ1) is 19.8. The minimum absolute atomic E-state index is 0.113. The highest BCUT2D eigenvalue weighted by molar-refractivity contribution is 5.44. The molecule has 0 atom stereocenters. The summed E-state index contributed by atoms with van der Waals surface area (Å²) < 4.78 is 43.6. The Labute approximate surface area is 125 Å². The molecule has 122 valence electrons. The number of alkyl halides is 3. The van der Waals surface area contributed by atoms with Crippen molar-refractivity contribution in [2.45, 2.75) is 40.3 Å². The van der Waals surface area contributed by atoms with Gasteiger partial charge in [0.2, 0.25) is 0 Å². The first-order chi connectivity index (χ1) is 9.79. The standard InChI is InChI=1S/C14H20F3NO.C2H6/c1-5-18(3)7-6-11-9-12(14(15,16)17)13(19-4)8-10(11)2;1-2/h8-9H,5-7H2,1-4H3;1-2H3. The maximum absolute atomic E-state index is 12.9. The van der Waals surface area contributed by atoms with Gasteiger partial charge in [-0.25, -0.2) is 0 Å². The van der Waals surface area contributed by atoms with Gasteiger partial charge in [0.05, 0.1) is 12.7 Å². The summed E-state index contributed by atoms with van der Waals surface area (Å²) in [5.74, 6) is -0.113. The number of methoxy groups -OCH3 is 1. The van der Waals surface area contributed by atoms with Crippen LogP contribution in [0.25, 0.3) is 0 Å². The summed E-state index contributed by atoms with van der Waals surface area (Å²) in [5.41, 5.74) is 0.845. The second-order valence-corrected chi connectivity index (χ2v) is 4.62. The number of nitrogens with zero attached hydrogens (tertiary/aromatic N) is 1. The third-order valence-corrected chi connectivity index (χ3v) is 3.27. The first-order valence-electron chi connectivity index (χ1n) is 7.22. The Morgan fingerprint density at radius 3 is 2.19 bits per heavy atom. The zero-order valence-corrected chi connectivity index (χ0v) is 13.8. The highest BCUT2D eigenvalue weighted by Gasteiger charge is 2.34. The third-order valence-electron chi connectivity index (χ3n) is 3.27. The largest absolute Gasteiger partial charge is 0.496 e. The van der Waals surface area contributed by atoms with Gasteiger partial charge in [0, 0.05) is 6.54 Å². The fourth-order valence-electron chi connectivity index (χ4n) is 1.86. The molecule has 0 aliphatic carbocycles. The van der Waals surface area contributed by atoms with E-state index in [0.717, 1.165) is 18.7 Å². The van der Waals surface area contributed by atoms with Crippen LogP contribution in [-0.2, 0) is 12.6 Å². The lowest BCUT2D eigenvalue weighted by Gasteiger charge is -2.18. The maximum atomic E-state index is 12.9. The number of rotatable bonds is 5. The van der Waals surface area contributed by atoms with Crippen LogP contribution >= 0.6 is 0 Å². The van der Waals surface area contributed by atoms with Gasteiger partial charge < -0.3 is 9.64 Å². The molecule has 0 aliphatic rings. The number of likely N-dealkylation sites (N-methyl/N-ethyl adjacent to an activating group) is 1. The molecule has 0 saturated carbocycles. The van der Waals surface area contributed by atoms with Crippen LogP contribution in [-0.4, -0.2) is 32.1 Å². The molecule has 0 aromatic heterocycles. The molecule has 0 N–H and O–H groups in total. The molecule has 0 saturated heterocycles. The minimum Gasteiger partial charge on any atom is -0.496 e. The zero-order valence-electron chi connectivity index (χ0n) is 13.8. The summed E-state index contributed by atoms with van der Waals surface area (Å²) >= 11 is 0. The van der Waals surface area contributed by atoms with Crippen LogP contribution in [0.4, 0.5) is 13.2 Å². The van der Waals surface area contributed by atoms with Gasteiger partial charge in [-0.1, -0.05) is 20.8 Å². The molecule has 5 heteroatoms. The quantitative estimate of drug-likeness (QED) is 0.791. The van der Waals surface area contributed by atoms with Crippen molar-refractivity contribution >= 4 is 0 Å². The number of hydrogen-bond donors (Lipinski definition) is 0. The van der Waals surface area contributed by atoms with Crippen molar-refractivity contribution in [2.75, 3.05) is 27.2 Å². The van der Waals surface area contributed by atoms with Gasteiger partial charge in [-0.3, -0.25) is 0 Å². The molecule has 0 aliphatic heterocycles. The lowest BCUT2D eigenvalue weighted by molar-refractivity contribution is -0.138. The van der Waals surface area contributed by atoms with Crippen molar-refractivity contribution in [3.8, 4) is 5.75 Å². The number of ether oxygens (including phenoxy) is 1. The molecule has 0 radical (unpaired) electrons. The Balaban J connectivity index is 0.00000191. The van der Waals surface area contributed by atoms with Gasteiger partial charge in [0.25, 0.3) is 0 Å². The van der Waals surface area contributed by atoms with Crippen molar-refractivity contribution in [3.05, 3.63) is 28.8 Å². The maximum Gasteiger partial charge on any atom is 0.419 e. The van der Waals surface area contributed by atoms with E-state index in [-0.39, 0.29) is 5.75 Å². The second-order valence-electron chi connectivity index (χ2n) is 4.62. The van der Waals surface area contributed by atoms with E-state index in [1.165, 1.54) is 19.2 Å². The molecule has 0 unspecified atom stereocenters. The van der Waals surface area contributed by atoms with Gasteiger partial charge in [-0.15, -0.1) is 0 Å². The fraction of sp³-hybridized carbons (Fsp3) is 0.625. The van der Waals surface area contributed by atoms with Crippen molar-refractivity contribution in [2.24, 2.45) is 0 Å². The molecule has 0 bridgehead atoms. The summed E-state index contributed by atoms with van der Waals surface area (Å²) in [5, 5.41) is 0. The zero-order chi connectivity index (χ0) is 16.6. The number of aryl methyl sites for hydroxylation is 1. The lowest BCUT2D eigenvalue weighted by Crippen LogP contribution is -2.21. The summed E-state index contributed by atoms with van der Waals surface area (Å²) in [6.45, 7) is 9.44. The molecular formula is C16H26F3NO. The smallest absolute Gasteiger partial charge is 0.419 e. The van der Waals surface area contributed by atoms with Crippen LogP contribution in [0.5, 0.6) is 5.75 Å². The van der Waals surface area contributed by atoms with E-state index in [4.69, 9.17) is 4.74 Å². The molecular weight excluding hydrogens is 279 g/mol. The number of benzene rings is 1. The summed E-state index contributed by atoms with van der Waals surface area (Å²) in [6.07, 6.45) is -3.78. The Hall–Kier alpha value is -1.23. The van der Waals surface area contributed by atoms with Crippen LogP contribution in [0.15, 0.2) is 12.1 Å². The van der Waals surface area contributed by atoms with E-state index in [0.29, 0.717) is 12.0 Å². The van der Waals surface area contributed by atoms with Crippen LogP contribution in [0, 0.1) is 6.92 Å². The Bertz CT molecular complexity index is 430. The average Bonchev–Trinajstić information content (AvgIpc) is 2.46. The van der Waals surface area contributed by atoms with Gasteiger partial charge >= 0.3 is 6.18 Å². The monoisotopic (exact) mass is 305 g/mol. The Morgan fingerprint density at radius 1 is 1.19 bits per heavy atom. The SMILES string of the molecule is CC.CCN(C)CCc1cc(C(F)(F)F)c(OC)cc1C. The summed E-state index contributed by atoms with van der Waals surface area (Å²) in [6, 6.07) is 2.67. The van der Waals surface area contributed by atoms with Crippen molar-refractivity contribution < 1.29 is 17.9 Å². The molecule has 21 heavy (non-hydrogen) atoms. The summed E-state index contributed by atoms with van der Waals surface area (Å²) in [4.78, 5) is 2.07. The number of hydrogen-bond acceptors (Lipinski definition) is 2. The fourth-order valence-corrected chi connectivity index (χ4v) is 1.86. The van der Waals surface area contributed by atoms with Crippen LogP contribution in [0.3, 0.4) is 0 Å². The molecule has 0 fully saturated rings. The van der Waals surface area contributed by atoms with Crippen molar-refractivity contribution in [1.29, 1.82) is 0 Å². The minimum atomic E-state index is -4.38. The average molecular weight is 305 g/mol. The molecule has 0 heterocycles. The normalized spacial score (nSPS) is 11.1. The van der Waals surface area contributed by atoms with Crippen LogP contribution in [0.1, 0.15) is 37.5 Å². The highest BCUT2D eigenvalue weighted by atomic mass is 19.4. The first-order valence-corrected chi connectivity index (χ1v) is 7.22. The molecule has 2 nitrogen and oxygen atoms in total. The van der Waals surface area contributed by atoms with E-state index in [2.05, 4.69) is 4.90 Å². The van der Waals surface area contributed by atoms with E-state index in [9.17, 15) is 13.2 Å². The van der Waals surface area contributed by atoms with Gasteiger partial charge in [0.15, 0.2) is 0 Å². The van der Waals surface area contributed by atoms with E-state index in [1.54, 1.807) is 0 Å². The van der Waals surface area contributed by atoms with Crippen LogP contribution in [0.2, 0.25) is 0 Å². The third kappa shape index (κ3) is 5.96. The van der Waals surface area contributed by atoms with E-state index < -0.39 is 11.7 Å². The molecule has 1 rings (SSSR count). The molecule has 1 aromatic carbocycles. The van der Waals surface area contributed by atoms with Crippen LogP contribution < -0.4 is 4.74 Å². The summed E-state index contributed by atoms with van der Waals surface area (Å²) in [7, 11) is 3.21. The van der Waals surface area contributed by atoms with Gasteiger partial charge in [-0.05, 0) is 50.2 Å². The van der Waals surface area contributed by atoms with Crippen molar-refractivity contribution in [3.63, 3.8) is 0 Å². The van der Waals surface area contributed by atoms with E-state index in [1.807, 2.05) is 34.7 Å². The predicted octanol–water partition coefficient (Wildman–Crippen LogP) is 4.54. The lowest BCUT2D eigenvalue weighted by atomic mass is 10.0. The van der Waals surface area contributed by atoms with Gasteiger partial charge in [0.1, 0.15) is 5.75 Å². The molecule has 0 spiro atoms. The Kier molecular flexibility index (Phi) is 8.40. The van der Waals surface area contributed by atoms with Crippen molar-refractivity contribution in [1.82, 2.24) is 4.90 Å². The topological polar surface area (TPSA) is 12.5 Å². The second kappa shape index (κ2) is 8.93. The molecule has 0 amide bonds.